The summed E-state index contributed by atoms with van der Waals surface area (Å²) in [5.41, 5.74) is 8.07. The fourth-order valence-corrected chi connectivity index (χ4v) is 8.33. The number of nitrogens with one attached hydrogen (secondary N) is 2. The number of carbonyl (C=O) groups is 2. The molecule has 0 saturated carbocycles. The van der Waals surface area contributed by atoms with Crippen LogP contribution < -0.4 is 4.74 Å². The van der Waals surface area contributed by atoms with E-state index >= 15 is 0 Å². The van der Waals surface area contributed by atoms with E-state index in [0.717, 1.165) is 105 Å². The Hall–Kier alpha value is -4.70. The lowest BCUT2D eigenvalue weighted by molar-refractivity contribution is -0.136. The second kappa shape index (κ2) is 14.7. The summed E-state index contributed by atoms with van der Waals surface area (Å²) in [4.78, 5) is 47.5. The lowest BCUT2D eigenvalue weighted by atomic mass is 9.92. The number of aryl methyl sites for hydroxylation is 1. The Morgan fingerprint density at radius 3 is 2.56 bits per heavy atom. The molecule has 10 nitrogen and oxygen atoms in total. The van der Waals surface area contributed by atoms with E-state index in [4.69, 9.17) is 19.4 Å². The van der Waals surface area contributed by atoms with E-state index in [2.05, 4.69) is 73.2 Å². The van der Waals surface area contributed by atoms with Crippen LogP contribution in [0.4, 0.5) is 0 Å². The molecule has 0 radical (unpaired) electrons. The van der Waals surface area contributed by atoms with Crippen molar-refractivity contribution >= 4 is 33.6 Å². The van der Waals surface area contributed by atoms with Gasteiger partial charge in [-0.25, -0.2) is 9.97 Å². The molecular weight excluding hydrogens is 653 g/mol. The number of fused-ring (bicyclic) bond motifs is 6. The van der Waals surface area contributed by atoms with Gasteiger partial charge in [0.15, 0.2) is 0 Å². The summed E-state index contributed by atoms with van der Waals surface area (Å²) in [6.45, 7) is 13.4. The summed E-state index contributed by atoms with van der Waals surface area (Å²) in [6.07, 6.45) is 5.32. The molecule has 2 aliphatic heterocycles. The zero-order valence-electron chi connectivity index (χ0n) is 31.6. The highest BCUT2D eigenvalue weighted by Gasteiger charge is 2.39. The number of benzene rings is 3. The number of aromatic amines is 2. The van der Waals surface area contributed by atoms with Gasteiger partial charge in [0.05, 0.1) is 47.2 Å². The quantitative estimate of drug-likeness (QED) is 0.134. The lowest BCUT2D eigenvalue weighted by Crippen LogP contribution is -2.40. The summed E-state index contributed by atoms with van der Waals surface area (Å²) in [5, 5.41) is 2.14. The topological polar surface area (TPSA) is 116 Å². The Morgan fingerprint density at radius 1 is 1.00 bits per heavy atom. The number of carbonyl (C=O) groups excluding carboxylic acids is 2. The van der Waals surface area contributed by atoms with Crippen molar-refractivity contribution in [3.63, 3.8) is 0 Å². The Morgan fingerprint density at radius 2 is 1.81 bits per heavy atom. The molecule has 7 rings (SSSR count). The Kier molecular flexibility index (Phi) is 10.1. The van der Waals surface area contributed by atoms with Crippen LogP contribution in [0.15, 0.2) is 42.5 Å². The van der Waals surface area contributed by atoms with Crippen molar-refractivity contribution in [3.05, 3.63) is 65.4 Å². The molecule has 4 heterocycles. The number of ether oxygens (including phenoxy) is 2. The molecule has 0 spiro atoms. The molecule has 0 aliphatic carbocycles. The largest absolute Gasteiger partial charge is 0.488 e. The summed E-state index contributed by atoms with van der Waals surface area (Å²) in [5.74, 6) is 2.80. The van der Waals surface area contributed by atoms with Crippen LogP contribution in [0.5, 0.6) is 5.75 Å². The fraction of sp³-hybridized carbons (Fsp3) is 0.476. The van der Waals surface area contributed by atoms with E-state index in [-0.39, 0.29) is 36.0 Å². The van der Waals surface area contributed by atoms with Crippen LogP contribution in [0, 0.1) is 6.92 Å². The highest BCUT2D eigenvalue weighted by molar-refractivity contribution is 6.07. The van der Waals surface area contributed by atoms with Crippen LogP contribution in [0.3, 0.4) is 0 Å². The minimum absolute atomic E-state index is 0.0593. The van der Waals surface area contributed by atoms with Gasteiger partial charge < -0.3 is 29.2 Å². The third-order valence-electron chi connectivity index (χ3n) is 11.1. The number of hydrogen-bond donors (Lipinski definition) is 2. The van der Waals surface area contributed by atoms with Crippen molar-refractivity contribution in [2.45, 2.75) is 117 Å². The van der Waals surface area contributed by atoms with Crippen molar-refractivity contribution in [1.82, 2.24) is 29.7 Å². The van der Waals surface area contributed by atoms with Crippen molar-refractivity contribution in [2.75, 3.05) is 13.7 Å². The van der Waals surface area contributed by atoms with Crippen LogP contribution in [-0.2, 0) is 20.9 Å². The van der Waals surface area contributed by atoms with Crippen LogP contribution >= 0.6 is 0 Å². The number of aromatic nitrogens is 4. The number of hydrogen-bond acceptors (Lipinski definition) is 6. The second-order valence-electron chi connectivity index (χ2n) is 14.6. The molecular formula is C42H52N6O4. The number of H-pyrrole nitrogens is 2. The van der Waals surface area contributed by atoms with Gasteiger partial charge >= 0.3 is 0 Å². The second-order valence-corrected chi connectivity index (χ2v) is 14.6. The minimum atomic E-state index is -0.159. The van der Waals surface area contributed by atoms with Crippen LogP contribution in [0.25, 0.3) is 44.2 Å². The number of imidazole rings is 2. The lowest BCUT2D eigenvalue weighted by Gasteiger charge is -2.33. The van der Waals surface area contributed by atoms with Gasteiger partial charge in [0.25, 0.3) is 0 Å². The highest BCUT2D eigenvalue weighted by Crippen LogP contribution is 2.44. The first kappa shape index (κ1) is 35.7. The van der Waals surface area contributed by atoms with Crippen LogP contribution in [0.2, 0.25) is 0 Å². The van der Waals surface area contributed by atoms with E-state index < -0.39 is 0 Å². The predicted octanol–water partition coefficient (Wildman–Crippen LogP) is 8.94. The highest BCUT2D eigenvalue weighted by atomic mass is 16.5. The van der Waals surface area contributed by atoms with Crippen molar-refractivity contribution in [2.24, 2.45) is 0 Å². The summed E-state index contributed by atoms with van der Waals surface area (Å²) in [6, 6.07) is 15.0. The SMILES string of the molecule is CCCC(=O)N([C@@H](C)CC)[C@@H](C)c1nc(C)c(-c2ccc3c(c2)COc2cc4c(ccc5nc([C@@H]6CC[C@H](COC)N6C(=O)CCC)[nH]c54)cc2-3)[nH]1. The van der Waals surface area contributed by atoms with Gasteiger partial charge in [0.1, 0.15) is 24.0 Å². The minimum Gasteiger partial charge on any atom is -0.488 e. The van der Waals surface area contributed by atoms with Gasteiger partial charge in [0, 0.05) is 42.5 Å². The number of amides is 2. The van der Waals surface area contributed by atoms with Crippen molar-refractivity contribution in [1.29, 1.82) is 0 Å². The normalized spacial score (nSPS) is 17.9. The molecule has 274 valence electrons. The van der Waals surface area contributed by atoms with E-state index in [9.17, 15) is 9.59 Å². The monoisotopic (exact) mass is 704 g/mol. The van der Waals surface area contributed by atoms with Gasteiger partial charge in [-0.3, -0.25) is 9.59 Å². The van der Waals surface area contributed by atoms with Gasteiger partial charge in [-0.05, 0) is 93.7 Å². The molecule has 1 saturated heterocycles. The summed E-state index contributed by atoms with van der Waals surface area (Å²) < 4.78 is 11.9. The maximum Gasteiger partial charge on any atom is 0.223 e. The molecule has 2 aliphatic rings. The zero-order chi connectivity index (χ0) is 36.7. The number of methoxy groups -OCH3 is 1. The fourth-order valence-electron chi connectivity index (χ4n) is 8.33. The first-order valence-corrected chi connectivity index (χ1v) is 19.1. The molecule has 5 aromatic rings. The predicted molar refractivity (Wildman–Crippen MR) is 205 cm³/mol. The van der Waals surface area contributed by atoms with Gasteiger partial charge in [-0.15, -0.1) is 0 Å². The van der Waals surface area contributed by atoms with E-state index in [0.29, 0.717) is 26.1 Å². The molecule has 10 heteroatoms. The number of nitrogens with zero attached hydrogens (tertiary/aromatic N) is 4. The molecule has 0 bridgehead atoms. The van der Waals surface area contributed by atoms with Crippen LogP contribution in [0.1, 0.15) is 115 Å². The zero-order valence-corrected chi connectivity index (χ0v) is 31.6. The first-order valence-electron chi connectivity index (χ1n) is 19.1. The summed E-state index contributed by atoms with van der Waals surface area (Å²) >= 11 is 0. The Labute approximate surface area is 306 Å². The smallest absolute Gasteiger partial charge is 0.223 e. The van der Waals surface area contributed by atoms with E-state index in [1.807, 2.05) is 30.6 Å². The maximum absolute atomic E-state index is 13.2. The molecule has 3 aromatic carbocycles. The average molecular weight is 705 g/mol. The molecule has 0 unspecified atom stereocenters. The van der Waals surface area contributed by atoms with E-state index in [1.54, 1.807) is 7.11 Å². The first-order chi connectivity index (χ1) is 25.2. The van der Waals surface area contributed by atoms with Crippen molar-refractivity contribution in [3.8, 4) is 28.1 Å². The van der Waals surface area contributed by atoms with E-state index in [1.165, 1.54) is 0 Å². The summed E-state index contributed by atoms with van der Waals surface area (Å²) in [7, 11) is 1.70. The van der Waals surface area contributed by atoms with Crippen LogP contribution in [-0.4, -0.2) is 67.4 Å². The molecule has 2 aromatic heterocycles. The standard InChI is InChI=1S/C42H52N6O4/c1-8-11-37(49)47(24(4)10-3)26(6)41-43-25(5)39(45-41)28-13-16-31-29(19-28)22-52-36-21-32-27(20-33(31)36)14-17-34-40(32)46-42(44-34)35-18-15-30(23-51-7)48(35)38(50)12-9-2/h13-14,16-17,19-21,24,26,30,35H,8-12,15,18,22-23H2,1-7H3,(H,43,45)(H,44,46)/t24-,26-,30+,35-/m0/s1. The van der Waals surface area contributed by atoms with Crippen molar-refractivity contribution < 1.29 is 19.1 Å². The third kappa shape index (κ3) is 6.35. The Bertz CT molecular complexity index is 2120. The molecule has 1 fully saturated rings. The maximum atomic E-state index is 13.2. The Balaban J connectivity index is 1.19. The molecule has 2 amide bonds. The average Bonchev–Trinajstić information content (AvgIpc) is 3.87. The van der Waals surface area contributed by atoms with Gasteiger partial charge in [-0.2, -0.15) is 0 Å². The molecule has 4 atom stereocenters. The van der Waals surface area contributed by atoms with Gasteiger partial charge in [0.2, 0.25) is 11.8 Å². The molecule has 2 N–H and O–H groups in total. The van der Waals surface area contributed by atoms with Gasteiger partial charge in [-0.1, -0.05) is 39.0 Å². The number of likely N-dealkylation sites (tertiary alicyclic amines) is 1. The number of rotatable bonds is 12. The third-order valence-corrected chi connectivity index (χ3v) is 11.1. The molecule has 52 heavy (non-hydrogen) atoms.